The van der Waals surface area contributed by atoms with E-state index in [9.17, 15) is 4.39 Å². The minimum absolute atomic E-state index is 0. The molecule has 0 unspecified atom stereocenters. The molecule has 0 saturated heterocycles. The van der Waals surface area contributed by atoms with Crippen LogP contribution in [0.5, 0.6) is 0 Å². The third-order valence-electron chi connectivity index (χ3n) is 4.01. The van der Waals surface area contributed by atoms with Gasteiger partial charge in [0.1, 0.15) is 12.1 Å². The van der Waals surface area contributed by atoms with Crippen LogP contribution in [0.15, 0.2) is 64.2 Å². The molecule has 0 radical (unpaired) electrons. The number of oxazole rings is 1. The Morgan fingerprint density at radius 1 is 1.14 bits per heavy atom. The van der Waals surface area contributed by atoms with Gasteiger partial charge in [0, 0.05) is 12.1 Å². The third-order valence-corrected chi connectivity index (χ3v) is 4.01. The molecule has 0 aliphatic rings. The quantitative estimate of drug-likeness (QED) is 0.297. The molecular weight excluding hydrogens is 470 g/mol. The van der Waals surface area contributed by atoms with Gasteiger partial charge in [-0.3, -0.25) is 0 Å². The van der Waals surface area contributed by atoms with Crippen LogP contribution in [0.3, 0.4) is 0 Å². The van der Waals surface area contributed by atoms with E-state index >= 15 is 0 Å². The highest BCUT2D eigenvalue weighted by molar-refractivity contribution is 14.0. The number of aryl methyl sites for hydroxylation is 1. The van der Waals surface area contributed by atoms with E-state index in [1.807, 2.05) is 43.3 Å². The highest BCUT2D eigenvalue weighted by atomic mass is 127. The Balaban J connectivity index is 0.00000280. The van der Waals surface area contributed by atoms with E-state index in [1.54, 1.807) is 19.3 Å². The summed E-state index contributed by atoms with van der Waals surface area (Å²) in [6, 6.07) is 14.9. The van der Waals surface area contributed by atoms with Crippen LogP contribution in [0.2, 0.25) is 0 Å². The molecule has 1 aromatic heterocycles. The molecule has 0 aliphatic carbocycles. The average molecular weight is 494 g/mol. The van der Waals surface area contributed by atoms with Crippen LogP contribution in [0.25, 0.3) is 11.5 Å². The van der Waals surface area contributed by atoms with Crippen molar-refractivity contribution in [1.29, 1.82) is 0 Å². The molecule has 7 heteroatoms. The molecule has 3 rings (SSSR count). The first-order valence-corrected chi connectivity index (χ1v) is 8.92. The van der Waals surface area contributed by atoms with Crippen molar-refractivity contribution in [1.82, 2.24) is 15.6 Å². The van der Waals surface area contributed by atoms with E-state index in [1.165, 1.54) is 6.07 Å². The number of hydrogen-bond acceptors (Lipinski definition) is 3. The molecule has 28 heavy (non-hydrogen) atoms. The van der Waals surface area contributed by atoms with Crippen molar-refractivity contribution in [3.63, 3.8) is 0 Å². The maximum atomic E-state index is 13.7. The summed E-state index contributed by atoms with van der Waals surface area (Å²) in [4.78, 5) is 8.99. The second-order valence-electron chi connectivity index (χ2n) is 6.14. The van der Waals surface area contributed by atoms with E-state index < -0.39 is 0 Å². The van der Waals surface area contributed by atoms with Gasteiger partial charge in [-0.2, -0.15) is 0 Å². The van der Waals surface area contributed by atoms with Crippen LogP contribution < -0.4 is 10.6 Å². The third kappa shape index (κ3) is 6.05. The minimum atomic E-state index is -0.211. The molecule has 2 aromatic carbocycles. The zero-order chi connectivity index (χ0) is 19.1. The van der Waals surface area contributed by atoms with Crippen molar-refractivity contribution in [3.05, 3.63) is 77.4 Å². The van der Waals surface area contributed by atoms with Crippen molar-refractivity contribution < 1.29 is 8.81 Å². The fraction of sp³-hybridized carbons (Fsp3) is 0.238. The van der Waals surface area contributed by atoms with Gasteiger partial charge in [0.15, 0.2) is 5.96 Å². The molecule has 148 valence electrons. The molecular formula is C21H24FIN4O. The largest absolute Gasteiger partial charge is 0.444 e. The van der Waals surface area contributed by atoms with Crippen LogP contribution in [0.1, 0.15) is 23.7 Å². The molecule has 1 heterocycles. The van der Waals surface area contributed by atoms with Gasteiger partial charge in [0.05, 0.1) is 18.8 Å². The molecule has 0 fully saturated rings. The summed E-state index contributed by atoms with van der Waals surface area (Å²) in [5.41, 5.74) is 3.17. The van der Waals surface area contributed by atoms with Gasteiger partial charge in [-0.25, -0.2) is 14.4 Å². The van der Waals surface area contributed by atoms with Crippen molar-refractivity contribution >= 4 is 29.9 Å². The average Bonchev–Trinajstić information content (AvgIpc) is 3.16. The highest BCUT2D eigenvalue weighted by Gasteiger charge is 2.07. The van der Waals surface area contributed by atoms with Crippen LogP contribution in [0, 0.1) is 12.7 Å². The summed E-state index contributed by atoms with van der Waals surface area (Å²) in [5.74, 6) is 1.02. The maximum Gasteiger partial charge on any atom is 0.226 e. The number of rotatable bonds is 6. The van der Waals surface area contributed by atoms with Crippen LogP contribution in [-0.4, -0.2) is 17.5 Å². The Morgan fingerprint density at radius 2 is 1.93 bits per heavy atom. The number of guanidine groups is 1. The number of nitrogens with zero attached hydrogens (tertiary/aromatic N) is 2. The van der Waals surface area contributed by atoms with Crippen LogP contribution >= 0.6 is 24.0 Å². The summed E-state index contributed by atoms with van der Waals surface area (Å²) < 4.78 is 19.2. The van der Waals surface area contributed by atoms with Crippen LogP contribution in [-0.2, 0) is 13.1 Å². The van der Waals surface area contributed by atoms with E-state index in [2.05, 4.69) is 20.6 Å². The second-order valence-corrected chi connectivity index (χ2v) is 6.14. The molecule has 2 N–H and O–H groups in total. The number of aromatic nitrogens is 1. The van der Waals surface area contributed by atoms with Gasteiger partial charge >= 0.3 is 0 Å². The van der Waals surface area contributed by atoms with E-state index in [4.69, 9.17) is 4.42 Å². The van der Waals surface area contributed by atoms with Crippen molar-refractivity contribution in [2.75, 3.05) is 6.54 Å². The molecule has 5 nitrogen and oxygen atoms in total. The first kappa shape index (κ1) is 21.9. The normalized spacial score (nSPS) is 11.0. The number of benzene rings is 2. The lowest BCUT2D eigenvalue weighted by Gasteiger charge is -2.10. The second kappa shape index (κ2) is 10.8. The number of hydrogen-bond donors (Lipinski definition) is 2. The monoisotopic (exact) mass is 494 g/mol. The number of halogens is 2. The molecule has 0 atom stereocenters. The van der Waals surface area contributed by atoms with E-state index in [0.717, 1.165) is 23.4 Å². The number of aliphatic imine (C=N–C) groups is 1. The minimum Gasteiger partial charge on any atom is -0.444 e. The zero-order valence-electron chi connectivity index (χ0n) is 15.9. The Morgan fingerprint density at radius 3 is 2.64 bits per heavy atom. The Hall–Kier alpha value is -2.42. The SMILES string of the molecule is CCNC(=NCc1ccc(C)c(F)c1)NCc1coc(-c2ccccc2)n1.I. The lowest BCUT2D eigenvalue weighted by molar-refractivity contribution is 0.572. The molecule has 0 amide bonds. The van der Waals surface area contributed by atoms with Crippen molar-refractivity contribution in [3.8, 4) is 11.5 Å². The van der Waals surface area contributed by atoms with Crippen molar-refractivity contribution in [2.45, 2.75) is 26.9 Å². The van der Waals surface area contributed by atoms with Gasteiger partial charge in [-0.05, 0) is 43.2 Å². The lowest BCUT2D eigenvalue weighted by Crippen LogP contribution is -2.36. The van der Waals surface area contributed by atoms with Gasteiger partial charge in [0.2, 0.25) is 5.89 Å². The molecule has 0 bridgehead atoms. The fourth-order valence-electron chi connectivity index (χ4n) is 2.52. The standard InChI is InChI=1S/C21H23FN4O.HI/c1-3-23-21(24-12-16-10-9-15(2)19(22)11-16)25-13-18-14-27-20(26-18)17-7-5-4-6-8-17;/h4-11,14H,3,12-13H2,1-2H3,(H2,23,24,25);1H. The van der Waals surface area contributed by atoms with Gasteiger partial charge in [0.25, 0.3) is 0 Å². The van der Waals surface area contributed by atoms with Crippen LogP contribution in [0.4, 0.5) is 4.39 Å². The number of nitrogens with one attached hydrogen (secondary N) is 2. The van der Waals surface area contributed by atoms with Crippen molar-refractivity contribution in [2.24, 2.45) is 4.99 Å². The predicted octanol–water partition coefficient (Wildman–Crippen LogP) is 4.66. The summed E-state index contributed by atoms with van der Waals surface area (Å²) in [6.07, 6.45) is 1.63. The lowest BCUT2D eigenvalue weighted by atomic mass is 10.1. The smallest absolute Gasteiger partial charge is 0.226 e. The van der Waals surface area contributed by atoms with Gasteiger partial charge in [-0.1, -0.05) is 30.3 Å². The Labute approximate surface area is 181 Å². The van der Waals surface area contributed by atoms with E-state index in [0.29, 0.717) is 30.5 Å². The maximum absolute atomic E-state index is 13.7. The molecule has 3 aromatic rings. The van der Waals surface area contributed by atoms with Gasteiger partial charge < -0.3 is 15.1 Å². The summed E-state index contributed by atoms with van der Waals surface area (Å²) >= 11 is 0. The summed E-state index contributed by atoms with van der Waals surface area (Å²) in [7, 11) is 0. The topological polar surface area (TPSA) is 62.5 Å². The van der Waals surface area contributed by atoms with Gasteiger partial charge in [-0.15, -0.1) is 24.0 Å². The molecule has 0 saturated carbocycles. The highest BCUT2D eigenvalue weighted by Crippen LogP contribution is 2.17. The zero-order valence-corrected chi connectivity index (χ0v) is 18.2. The predicted molar refractivity (Wildman–Crippen MR) is 120 cm³/mol. The Bertz CT molecular complexity index is 912. The first-order valence-electron chi connectivity index (χ1n) is 8.92. The fourth-order valence-corrected chi connectivity index (χ4v) is 2.52. The molecule has 0 aliphatic heterocycles. The first-order chi connectivity index (χ1) is 13.2. The Kier molecular flexibility index (Phi) is 8.43. The summed E-state index contributed by atoms with van der Waals surface area (Å²) in [5, 5.41) is 6.39. The summed E-state index contributed by atoms with van der Waals surface area (Å²) in [6.45, 7) is 5.33. The molecule has 0 spiro atoms. The van der Waals surface area contributed by atoms with E-state index in [-0.39, 0.29) is 29.8 Å².